The van der Waals surface area contributed by atoms with Crippen molar-refractivity contribution in [3.05, 3.63) is 88.1 Å². The lowest BCUT2D eigenvalue weighted by Crippen LogP contribution is -2.19. The van der Waals surface area contributed by atoms with E-state index in [1.54, 1.807) is 24.3 Å². The average molecular weight is 409 g/mol. The van der Waals surface area contributed by atoms with Crippen molar-refractivity contribution in [2.45, 2.75) is 13.8 Å². The molecule has 0 radical (unpaired) electrons. The van der Waals surface area contributed by atoms with Crippen LogP contribution in [0.4, 0.5) is 14.5 Å². The predicted octanol–water partition coefficient (Wildman–Crippen LogP) is 5.26. The first-order valence-corrected chi connectivity index (χ1v) is 9.72. The second-order valence-corrected chi connectivity index (χ2v) is 7.63. The van der Waals surface area contributed by atoms with Crippen molar-refractivity contribution in [2.24, 2.45) is 4.99 Å². The Kier molecular flexibility index (Phi) is 5.07. The van der Waals surface area contributed by atoms with Crippen LogP contribution in [0.2, 0.25) is 0 Å². The molecule has 1 fully saturated rings. The van der Waals surface area contributed by atoms with E-state index in [9.17, 15) is 13.6 Å². The van der Waals surface area contributed by atoms with Crippen LogP contribution >= 0.6 is 11.8 Å². The van der Waals surface area contributed by atoms with E-state index < -0.39 is 0 Å². The SMILES string of the molecule is Cc1cc(/C=C2/SC(=Nc3ccc(F)cc3)NC2=O)c(C)n1-c1cccc(F)c1. The van der Waals surface area contributed by atoms with Crippen LogP contribution in [0.25, 0.3) is 11.8 Å². The lowest BCUT2D eigenvalue weighted by Gasteiger charge is -2.09. The summed E-state index contributed by atoms with van der Waals surface area (Å²) in [5, 5.41) is 3.16. The van der Waals surface area contributed by atoms with Gasteiger partial charge in [-0.3, -0.25) is 4.79 Å². The van der Waals surface area contributed by atoms with Gasteiger partial charge in [0, 0.05) is 17.1 Å². The molecule has 0 bridgehead atoms. The summed E-state index contributed by atoms with van der Waals surface area (Å²) in [5.74, 6) is -0.889. The molecule has 2 heterocycles. The minimum absolute atomic E-state index is 0.244. The molecular formula is C22H17F2N3OS. The smallest absolute Gasteiger partial charge is 0.264 e. The number of aliphatic imine (C=N–C) groups is 1. The number of nitrogens with zero attached hydrogens (tertiary/aromatic N) is 2. The quantitative estimate of drug-likeness (QED) is 0.600. The highest BCUT2D eigenvalue weighted by molar-refractivity contribution is 8.18. The number of amides is 1. The summed E-state index contributed by atoms with van der Waals surface area (Å²) in [4.78, 5) is 17.2. The zero-order chi connectivity index (χ0) is 20.5. The fraction of sp³-hybridized carbons (Fsp3) is 0.0909. The Morgan fingerprint density at radius 1 is 1.03 bits per heavy atom. The largest absolute Gasteiger partial charge is 0.318 e. The molecule has 4 nitrogen and oxygen atoms in total. The van der Waals surface area contributed by atoms with Gasteiger partial charge in [-0.2, -0.15) is 0 Å². The molecule has 1 aromatic heterocycles. The highest BCUT2D eigenvalue weighted by atomic mass is 32.2. The molecule has 1 amide bonds. The Morgan fingerprint density at radius 2 is 1.79 bits per heavy atom. The Balaban J connectivity index is 1.64. The maximum Gasteiger partial charge on any atom is 0.264 e. The van der Waals surface area contributed by atoms with Crippen LogP contribution in [-0.4, -0.2) is 15.6 Å². The summed E-state index contributed by atoms with van der Waals surface area (Å²) >= 11 is 1.22. The van der Waals surface area contributed by atoms with Gasteiger partial charge >= 0.3 is 0 Å². The number of carbonyl (C=O) groups is 1. The van der Waals surface area contributed by atoms with E-state index in [0.717, 1.165) is 22.6 Å². The summed E-state index contributed by atoms with van der Waals surface area (Å²) in [6.07, 6.45) is 1.80. The number of amidine groups is 1. The summed E-state index contributed by atoms with van der Waals surface area (Å²) in [5.41, 5.74) is 3.99. The van der Waals surface area contributed by atoms with Crippen LogP contribution in [0.1, 0.15) is 17.0 Å². The molecule has 0 atom stereocenters. The zero-order valence-corrected chi connectivity index (χ0v) is 16.6. The van der Waals surface area contributed by atoms with Gasteiger partial charge in [0.15, 0.2) is 5.17 Å². The Labute approximate surface area is 171 Å². The monoisotopic (exact) mass is 409 g/mol. The van der Waals surface area contributed by atoms with Crippen molar-refractivity contribution in [2.75, 3.05) is 0 Å². The second kappa shape index (κ2) is 7.67. The van der Waals surface area contributed by atoms with Crippen molar-refractivity contribution in [3.63, 3.8) is 0 Å². The number of rotatable bonds is 3. The van der Waals surface area contributed by atoms with Gasteiger partial charge in [-0.25, -0.2) is 13.8 Å². The molecule has 0 spiro atoms. The van der Waals surface area contributed by atoms with Gasteiger partial charge in [-0.1, -0.05) is 6.07 Å². The van der Waals surface area contributed by atoms with Crippen molar-refractivity contribution < 1.29 is 13.6 Å². The van der Waals surface area contributed by atoms with Crippen molar-refractivity contribution >= 4 is 34.6 Å². The molecule has 7 heteroatoms. The number of hydrogen-bond donors (Lipinski definition) is 1. The Morgan fingerprint density at radius 3 is 2.52 bits per heavy atom. The molecule has 0 aliphatic carbocycles. The van der Waals surface area contributed by atoms with Gasteiger partial charge in [0.25, 0.3) is 5.91 Å². The molecular weight excluding hydrogens is 392 g/mol. The normalized spacial score (nSPS) is 16.6. The van der Waals surface area contributed by atoms with E-state index in [2.05, 4.69) is 10.3 Å². The van der Waals surface area contributed by atoms with Crippen molar-refractivity contribution in [1.82, 2.24) is 9.88 Å². The summed E-state index contributed by atoms with van der Waals surface area (Å²) in [6, 6.07) is 14.1. The van der Waals surface area contributed by atoms with E-state index in [1.807, 2.05) is 30.5 Å². The number of hydrogen-bond acceptors (Lipinski definition) is 3. The highest BCUT2D eigenvalue weighted by Gasteiger charge is 2.24. The molecule has 1 N–H and O–H groups in total. The van der Waals surface area contributed by atoms with Gasteiger partial charge in [0.1, 0.15) is 11.6 Å². The van der Waals surface area contributed by atoms with Gasteiger partial charge in [0.05, 0.1) is 10.6 Å². The molecule has 4 rings (SSSR count). The van der Waals surface area contributed by atoms with Gasteiger partial charge in [-0.15, -0.1) is 0 Å². The molecule has 1 saturated heterocycles. The molecule has 0 saturated carbocycles. The number of halogens is 2. The first kappa shape index (κ1) is 19.1. The molecule has 146 valence electrons. The average Bonchev–Trinajstić information content (AvgIpc) is 3.16. The van der Waals surface area contributed by atoms with Crippen LogP contribution in [-0.2, 0) is 4.79 Å². The maximum atomic E-state index is 13.6. The summed E-state index contributed by atoms with van der Waals surface area (Å²) in [6.45, 7) is 3.86. The first-order chi connectivity index (χ1) is 13.9. The lowest BCUT2D eigenvalue weighted by atomic mass is 10.2. The van der Waals surface area contributed by atoms with Crippen LogP contribution in [0.15, 0.2) is 64.5 Å². The van der Waals surface area contributed by atoms with Crippen molar-refractivity contribution in [1.29, 1.82) is 0 Å². The van der Waals surface area contributed by atoms with Gasteiger partial charge in [0.2, 0.25) is 0 Å². The number of carbonyl (C=O) groups excluding carboxylic acids is 1. The van der Waals surface area contributed by atoms with Gasteiger partial charge in [-0.05, 0) is 85.8 Å². The topological polar surface area (TPSA) is 46.4 Å². The van der Waals surface area contributed by atoms with E-state index in [-0.39, 0.29) is 17.5 Å². The molecule has 3 aromatic rings. The molecule has 1 aliphatic rings. The standard InChI is InChI=1S/C22H17F2N3OS/c1-13-10-15(14(2)27(13)19-5-3-4-17(24)12-19)11-20-21(28)26-22(29-20)25-18-8-6-16(23)7-9-18/h3-12H,1-2H3,(H,25,26,28)/b20-11+. The summed E-state index contributed by atoms with van der Waals surface area (Å²) in [7, 11) is 0. The van der Waals surface area contributed by atoms with E-state index in [1.165, 1.54) is 36.0 Å². The number of nitrogens with one attached hydrogen (secondary N) is 1. The summed E-state index contributed by atoms with van der Waals surface area (Å²) < 4.78 is 28.6. The lowest BCUT2D eigenvalue weighted by molar-refractivity contribution is -0.115. The van der Waals surface area contributed by atoms with Crippen LogP contribution < -0.4 is 5.32 Å². The van der Waals surface area contributed by atoms with E-state index in [0.29, 0.717) is 15.8 Å². The number of aromatic nitrogens is 1. The third-order valence-corrected chi connectivity index (χ3v) is 5.44. The minimum Gasteiger partial charge on any atom is -0.318 e. The predicted molar refractivity (Wildman–Crippen MR) is 112 cm³/mol. The number of benzene rings is 2. The maximum absolute atomic E-state index is 13.6. The fourth-order valence-electron chi connectivity index (χ4n) is 3.20. The highest BCUT2D eigenvalue weighted by Crippen LogP contribution is 2.30. The van der Waals surface area contributed by atoms with E-state index >= 15 is 0 Å². The Bertz CT molecular complexity index is 1160. The zero-order valence-electron chi connectivity index (χ0n) is 15.7. The first-order valence-electron chi connectivity index (χ1n) is 8.91. The third-order valence-electron chi connectivity index (χ3n) is 4.53. The Hall–Kier alpha value is -3.19. The molecule has 0 unspecified atom stereocenters. The van der Waals surface area contributed by atoms with Crippen LogP contribution in [0.3, 0.4) is 0 Å². The third kappa shape index (κ3) is 4.00. The molecule has 1 aliphatic heterocycles. The number of aryl methyl sites for hydroxylation is 1. The number of thioether (sulfide) groups is 1. The molecule has 29 heavy (non-hydrogen) atoms. The molecule has 2 aromatic carbocycles. The van der Waals surface area contributed by atoms with Crippen LogP contribution in [0, 0.1) is 25.5 Å². The fourth-order valence-corrected chi connectivity index (χ4v) is 4.03. The van der Waals surface area contributed by atoms with E-state index in [4.69, 9.17) is 0 Å². The minimum atomic E-state index is -0.341. The van der Waals surface area contributed by atoms with Crippen LogP contribution in [0.5, 0.6) is 0 Å². The van der Waals surface area contributed by atoms with Gasteiger partial charge < -0.3 is 9.88 Å². The second-order valence-electron chi connectivity index (χ2n) is 6.60. The van der Waals surface area contributed by atoms with Crippen molar-refractivity contribution in [3.8, 4) is 5.69 Å².